The number of aromatic nitrogens is 2. The molecule has 1 rings (SSSR count). The van der Waals surface area contributed by atoms with Crippen LogP contribution in [0.15, 0.2) is 6.20 Å². The van der Waals surface area contributed by atoms with Gasteiger partial charge >= 0.3 is 0 Å². The molecule has 1 unspecified atom stereocenters. The largest absolute Gasteiger partial charge is 0.394 e. The number of nitrogen functional groups attached to an aromatic ring is 1. The molecule has 0 spiro atoms. The van der Waals surface area contributed by atoms with Crippen molar-refractivity contribution in [2.45, 2.75) is 33.2 Å². The van der Waals surface area contributed by atoms with Gasteiger partial charge in [0.2, 0.25) is 5.28 Å². The molecule has 0 aromatic carbocycles. The van der Waals surface area contributed by atoms with Gasteiger partial charge in [0.1, 0.15) is 0 Å². The Hall–Kier alpha value is -1.03. The van der Waals surface area contributed by atoms with Gasteiger partial charge in [-0.15, -0.1) is 0 Å². The maximum atomic E-state index is 5.75. The Bertz CT molecular complexity index is 327. The van der Waals surface area contributed by atoms with Crippen molar-refractivity contribution in [1.82, 2.24) is 9.97 Å². The molecule has 15 heavy (non-hydrogen) atoms. The summed E-state index contributed by atoms with van der Waals surface area (Å²) >= 11 is 5.71. The summed E-state index contributed by atoms with van der Waals surface area (Å²) in [6.07, 6.45) is 2.53. The average molecular weight is 229 g/mol. The van der Waals surface area contributed by atoms with Crippen LogP contribution in [0.25, 0.3) is 0 Å². The van der Waals surface area contributed by atoms with E-state index in [4.69, 9.17) is 17.3 Å². The molecule has 84 valence electrons. The third-order valence-electron chi connectivity index (χ3n) is 2.35. The Morgan fingerprint density at radius 2 is 2.20 bits per heavy atom. The molecule has 0 fully saturated rings. The molecule has 0 saturated heterocycles. The van der Waals surface area contributed by atoms with Gasteiger partial charge < -0.3 is 11.1 Å². The minimum absolute atomic E-state index is 0.213. The van der Waals surface area contributed by atoms with E-state index in [0.29, 0.717) is 23.5 Å². The highest BCUT2D eigenvalue weighted by Crippen LogP contribution is 2.19. The summed E-state index contributed by atoms with van der Waals surface area (Å²) in [5.41, 5.74) is 6.27. The molecule has 0 saturated carbocycles. The number of hydrogen-bond donors (Lipinski definition) is 2. The van der Waals surface area contributed by atoms with Crippen LogP contribution >= 0.6 is 11.6 Å². The van der Waals surface area contributed by atoms with Gasteiger partial charge in [0, 0.05) is 6.04 Å². The monoisotopic (exact) mass is 228 g/mol. The van der Waals surface area contributed by atoms with E-state index in [1.54, 1.807) is 0 Å². The lowest BCUT2D eigenvalue weighted by atomic mass is 10.0. The number of halogens is 1. The molecule has 1 aromatic rings. The number of hydrogen-bond acceptors (Lipinski definition) is 4. The van der Waals surface area contributed by atoms with E-state index < -0.39 is 0 Å². The number of nitrogens with two attached hydrogens (primary N) is 1. The van der Waals surface area contributed by atoms with E-state index in [0.717, 1.165) is 6.42 Å². The highest BCUT2D eigenvalue weighted by molar-refractivity contribution is 6.28. The third kappa shape index (κ3) is 3.23. The molecule has 0 amide bonds. The van der Waals surface area contributed by atoms with Crippen molar-refractivity contribution < 1.29 is 0 Å². The van der Waals surface area contributed by atoms with Crippen molar-refractivity contribution >= 4 is 23.1 Å². The predicted octanol–water partition coefficient (Wildman–Crippen LogP) is 2.56. The maximum absolute atomic E-state index is 5.75. The first-order valence-electron chi connectivity index (χ1n) is 5.09. The van der Waals surface area contributed by atoms with Crippen LogP contribution in [0.2, 0.25) is 5.28 Å². The van der Waals surface area contributed by atoms with Gasteiger partial charge in [0.05, 0.1) is 11.9 Å². The van der Waals surface area contributed by atoms with Gasteiger partial charge in [-0.25, -0.2) is 4.98 Å². The molecule has 5 heteroatoms. The van der Waals surface area contributed by atoms with Gasteiger partial charge in [-0.05, 0) is 23.9 Å². The first-order chi connectivity index (χ1) is 7.04. The highest BCUT2D eigenvalue weighted by Gasteiger charge is 2.13. The van der Waals surface area contributed by atoms with Crippen molar-refractivity contribution in [2.24, 2.45) is 5.92 Å². The van der Waals surface area contributed by atoms with Crippen molar-refractivity contribution in [2.75, 3.05) is 11.1 Å². The summed E-state index contributed by atoms with van der Waals surface area (Å²) in [5.74, 6) is 1.14. The molecular formula is C10H17ClN4. The van der Waals surface area contributed by atoms with Crippen LogP contribution in [0.1, 0.15) is 27.2 Å². The summed E-state index contributed by atoms with van der Waals surface area (Å²) in [6.45, 7) is 6.43. The van der Waals surface area contributed by atoms with E-state index in [2.05, 4.69) is 36.1 Å². The second-order valence-corrected chi connectivity index (χ2v) is 4.18. The van der Waals surface area contributed by atoms with Crippen molar-refractivity contribution in [3.63, 3.8) is 0 Å². The second-order valence-electron chi connectivity index (χ2n) is 3.85. The van der Waals surface area contributed by atoms with E-state index >= 15 is 0 Å². The average Bonchev–Trinajstić information content (AvgIpc) is 2.18. The Morgan fingerprint density at radius 3 is 2.73 bits per heavy atom. The maximum Gasteiger partial charge on any atom is 0.224 e. The van der Waals surface area contributed by atoms with Crippen LogP contribution in [0.5, 0.6) is 0 Å². The summed E-state index contributed by atoms with van der Waals surface area (Å²) in [6, 6.07) is 0.346. The molecule has 1 aromatic heterocycles. The van der Waals surface area contributed by atoms with Crippen LogP contribution in [0, 0.1) is 5.92 Å². The standard InChI is InChI=1S/C10H17ClN4/c1-4-8(6(2)3)14-9-7(12)5-13-10(11)15-9/h5-6,8H,4,12H2,1-3H3,(H,13,14,15). The zero-order valence-corrected chi connectivity index (χ0v) is 10.0. The molecule has 1 heterocycles. The first kappa shape index (κ1) is 12.0. The fourth-order valence-corrected chi connectivity index (χ4v) is 1.53. The number of nitrogens with one attached hydrogen (secondary N) is 1. The Kier molecular flexibility index (Phi) is 4.15. The molecule has 4 nitrogen and oxygen atoms in total. The van der Waals surface area contributed by atoms with Gasteiger partial charge in [-0.2, -0.15) is 4.98 Å². The quantitative estimate of drug-likeness (QED) is 0.778. The summed E-state index contributed by atoms with van der Waals surface area (Å²) in [7, 11) is 0. The lowest BCUT2D eigenvalue weighted by molar-refractivity contribution is 0.510. The van der Waals surface area contributed by atoms with Gasteiger partial charge in [-0.3, -0.25) is 0 Å². The van der Waals surface area contributed by atoms with Crippen LogP contribution in [-0.2, 0) is 0 Å². The normalized spacial score (nSPS) is 12.9. The second kappa shape index (κ2) is 5.16. The molecule has 0 bridgehead atoms. The number of rotatable bonds is 4. The van der Waals surface area contributed by atoms with Gasteiger partial charge in [0.15, 0.2) is 5.82 Å². The molecule has 0 radical (unpaired) electrons. The minimum Gasteiger partial charge on any atom is -0.394 e. The molecular weight excluding hydrogens is 212 g/mol. The van der Waals surface area contributed by atoms with E-state index in [1.165, 1.54) is 6.20 Å². The molecule has 0 aliphatic heterocycles. The van der Waals surface area contributed by atoms with E-state index in [9.17, 15) is 0 Å². The van der Waals surface area contributed by atoms with Crippen LogP contribution in [-0.4, -0.2) is 16.0 Å². The Labute approximate surface area is 95.3 Å². The molecule has 0 aliphatic carbocycles. The van der Waals surface area contributed by atoms with E-state index in [-0.39, 0.29) is 5.28 Å². The third-order valence-corrected chi connectivity index (χ3v) is 2.54. The van der Waals surface area contributed by atoms with Gasteiger partial charge in [-0.1, -0.05) is 20.8 Å². The molecule has 3 N–H and O–H groups in total. The number of nitrogens with zero attached hydrogens (tertiary/aromatic N) is 2. The molecule has 0 aliphatic rings. The Balaban J connectivity index is 2.82. The summed E-state index contributed by atoms with van der Waals surface area (Å²) in [5, 5.41) is 3.49. The predicted molar refractivity (Wildman–Crippen MR) is 64.0 cm³/mol. The zero-order chi connectivity index (χ0) is 11.4. The minimum atomic E-state index is 0.213. The Morgan fingerprint density at radius 1 is 1.53 bits per heavy atom. The van der Waals surface area contributed by atoms with Crippen LogP contribution in [0.4, 0.5) is 11.5 Å². The summed E-state index contributed by atoms with van der Waals surface area (Å²) < 4.78 is 0. The summed E-state index contributed by atoms with van der Waals surface area (Å²) in [4.78, 5) is 7.87. The lowest BCUT2D eigenvalue weighted by Gasteiger charge is -2.21. The van der Waals surface area contributed by atoms with Gasteiger partial charge in [0.25, 0.3) is 0 Å². The zero-order valence-electron chi connectivity index (χ0n) is 9.29. The fraction of sp³-hybridized carbons (Fsp3) is 0.600. The fourth-order valence-electron chi connectivity index (χ4n) is 1.40. The van der Waals surface area contributed by atoms with Crippen LogP contribution in [0.3, 0.4) is 0 Å². The lowest BCUT2D eigenvalue weighted by Crippen LogP contribution is -2.25. The highest BCUT2D eigenvalue weighted by atomic mass is 35.5. The van der Waals surface area contributed by atoms with E-state index in [1.807, 2.05) is 0 Å². The topological polar surface area (TPSA) is 63.8 Å². The molecule has 1 atom stereocenters. The first-order valence-corrected chi connectivity index (χ1v) is 5.47. The SMILES string of the molecule is CCC(Nc1nc(Cl)ncc1N)C(C)C. The number of anilines is 2. The van der Waals surface area contributed by atoms with Crippen molar-refractivity contribution in [1.29, 1.82) is 0 Å². The smallest absolute Gasteiger partial charge is 0.224 e. The van der Waals surface area contributed by atoms with Crippen molar-refractivity contribution in [3.8, 4) is 0 Å². The van der Waals surface area contributed by atoms with Crippen LogP contribution < -0.4 is 11.1 Å². The van der Waals surface area contributed by atoms with Crippen molar-refractivity contribution in [3.05, 3.63) is 11.5 Å².